The van der Waals surface area contributed by atoms with Crippen LogP contribution in [0.15, 0.2) is 23.4 Å². The molecule has 3 heterocycles. The monoisotopic (exact) mass is 273 g/mol. The van der Waals surface area contributed by atoms with E-state index in [0.717, 1.165) is 13.0 Å². The van der Waals surface area contributed by atoms with E-state index in [-0.39, 0.29) is 5.56 Å². The van der Waals surface area contributed by atoms with Crippen LogP contribution in [0.1, 0.15) is 6.42 Å². The molecule has 0 saturated heterocycles. The molecule has 20 heavy (non-hydrogen) atoms. The molecule has 0 atom stereocenters. The maximum atomic E-state index is 12.4. The first-order valence-electron chi connectivity index (χ1n) is 6.37. The van der Waals surface area contributed by atoms with Crippen molar-refractivity contribution in [2.75, 3.05) is 20.6 Å². The van der Waals surface area contributed by atoms with Crippen LogP contribution in [0, 0.1) is 0 Å². The number of hydrogen-bond donors (Lipinski definition) is 0. The van der Waals surface area contributed by atoms with E-state index in [1.165, 1.54) is 10.8 Å². The van der Waals surface area contributed by atoms with Crippen molar-refractivity contribution in [3.05, 3.63) is 28.9 Å². The summed E-state index contributed by atoms with van der Waals surface area (Å²) in [6.07, 6.45) is 4.06. The van der Waals surface area contributed by atoms with E-state index in [9.17, 15) is 4.79 Å². The van der Waals surface area contributed by atoms with Gasteiger partial charge in [0.1, 0.15) is 11.8 Å². The van der Waals surface area contributed by atoms with Crippen molar-refractivity contribution in [1.29, 1.82) is 0 Å². The Balaban J connectivity index is 2.02. The number of fused-ring (bicyclic) bond motifs is 3. The minimum absolute atomic E-state index is 0.147. The quantitative estimate of drug-likeness (QED) is 0.654. The summed E-state index contributed by atoms with van der Waals surface area (Å²) in [5.41, 5.74) is 0.794. The second-order valence-corrected chi connectivity index (χ2v) is 4.88. The number of nitrogens with zero attached hydrogens (tertiary/aromatic N) is 7. The average Bonchev–Trinajstić information content (AvgIpc) is 2.89. The van der Waals surface area contributed by atoms with Gasteiger partial charge in [0, 0.05) is 12.7 Å². The predicted molar refractivity (Wildman–Crippen MR) is 73.5 cm³/mol. The Morgan fingerprint density at radius 1 is 1.30 bits per heavy atom. The van der Waals surface area contributed by atoms with Crippen molar-refractivity contribution in [2.45, 2.75) is 13.0 Å². The maximum Gasteiger partial charge on any atom is 0.280 e. The standard InChI is InChI=1S/C12H15N7O/c1-17(2)5-3-6-18-7-4-9-10(11(18)20)15-16-12-13-8-14-19(9)12/h4,7-8H,3,5-6H2,1-2H3. The second kappa shape index (κ2) is 4.97. The van der Waals surface area contributed by atoms with Crippen LogP contribution in [0.3, 0.4) is 0 Å². The van der Waals surface area contributed by atoms with Gasteiger partial charge in [-0.1, -0.05) is 0 Å². The van der Waals surface area contributed by atoms with E-state index < -0.39 is 0 Å². The van der Waals surface area contributed by atoms with E-state index in [0.29, 0.717) is 23.4 Å². The molecule has 0 aromatic carbocycles. The van der Waals surface area contributed by atoms with Gasteiger partial charge >= 0.3 is 0 Å². The zero-order valence-electron chi connectivity index (χ0n) is 11.4. The molecule has 104 valence electrons. The van der Waals surface area contributed by atoms with Gasteiger partial charge in [0.25, 0.3) is 11.3 Å². The zero-order valence-corrected chi connectivity index (χ0v) is 11.4. The van der Waals surface area contributed by atoms with E-state index in [1.807, 2.05) is 20.2 Å². The SMILES string of the molecule is CN(C)CCCn1ccc2c(nnc3ncnn32)c1=O. The van der Waals surface area contributed by atoms with Crippen LogP contribution < -0.4 is 5.56 Å². The largest absolute Gasteiger partial charge is 0.313 e. The molecule has 3 rings (SSSR count). The highest BCUT2D eigenvalue weighted by Crippen LogP contribution is 2.06. The first kappa shape index (κ1) is 12.7. The molecule has 0 bridgehead atoms. The number of hydrogen-bond acceptors (Lipinski definition) is 6. The van der Waals surface area contributed by atoms with Gasteiger partial charge in [-0.2, -0.15) is 14.6 Å². The lowest BCUT2D eigenvalue weighted by Gasteiger charge is -2.10. The van der Waals surface area contributed by atoms with Crippen LogP contribution in [-0.4, -0.2) is 54.9 Å². The fraction of sp³-hybridized carbons (Fsp3) is 0.417. The molecule has 8 heteroatoms. The second-order valence-electron chi connectivity index (χ2n) is 4.88. The van der Waals surface area contributed by atoms with Gasteiger partial charge in [-0.05, 0) is 33.1 Å². The molecule has 0 aliphatic carbocycles. The fourth-order valence-electron chi connectivity index (χ4n) is 2.12. The van der Waals surface area contributed by atoms with E-state index in [1.54, 1.807) is 10.8 Å². The highest BCUT2D eigenvalue weighted by molar-refractivity contribution is 5.74. The first-order valence-corrected chi connectivity index (χ1v) is 6.37. The lowest BCUT2D eigenvalue weighted by Crippen LogP contribution is -2.24. The summed E-state index contributed by atoms with van der Waals surface area (Å²) < 4.78 is 3.18. The Labute approximate surface area is 114 Å². The van der Waals surface area contributed by atoms with Crippen LogP contribution in [-0.2, 0) is 6.54 Å². The Bertz CT molecular complexity index is 804. The topological polar surface area (TPSA) is 81.2 Å². The van der Waals surface area contributed by atoms with Gasteiger partial charge in [-0.15, -0.1) is 10.2 Å². The predicted octanol–water partition coefficient (Wildman–Crippen LogP) is -0.214. The van der Waals surface area contributed by atoms with Crippen LogP contribution in [0.5, 0.6) is 0 Å². The molecule has 0 aliphatic heterocycles. The summed E-state index contributed by atoms with van der Waals surface area (Å²) in [6.45, 7) is 1.59. The van der Waals surface area contributed by atoms with Crippen molar-refractivity contribution in [2.24, 2.45) is 0 Å². The summed E-state index contributed by atoms with van der Waals surface area (Å²) in [5, 5.41) is 11.9. The minimum Gasteiger partial charge on any atom is -0.313 e. The average molecular weight is 273 g/mol. The molecule has 0 saturated carbocycles. The smallest absolute Gasteiger partial charge is 0.280 e. The van der Waals surface area contributed by atoms with Gasteiger partial charge < -0.3 is 9.47 Å². The van der Waals surface area contributed by atoms with E-state index >= 15 is 0 Å². The summed E-state index contributed by atoms with van der Waals surface area (Å²) in [5.74, 6) is 0.391. The minimum atomic E-state index is -0.147. The number of rotatable bonds is 4. The molecule has 0 aliphatic rings. The highest BCUT2D eigenvalue weighted by Gasteiger charge is 2.09. The lowest BCUT2D eigenvalue weighted by atomic mass is 10.3. The molecule has 0 unspecified atom stereocenters. The van der Waals surface area contributed by atoms with E-state index in [4.69, 9.17) is 0 Å². The molecule has 0 spiro atoms. The molecule has 0 N–H and O–H groups in total. The van der Waals surface area contributed by atoms with Gasteiger partial charge in [0.2, 0.25) is 0 Å². The molecular weight excluding hydrogens is 258 g/mol. The normalized spacial score (nSPS) is 11.8. The van der Waals surface area contributed by atoms with Crippen LogP contribution in [0.4, 0.5) is 0 Å². The molecular formula is C12H15N7O. The summed E-state index contributed by atoms with van der Waals surface area (Å²) >= 11 is 0. The van der Waals surface area contributed by atoms with Gasteiger partial charge in [-0.3, -0.25) is 4.79 Å². The van der Waals surface area contributed by atoms with Crippen molar-refractivity contribution in [3.63, 3.8) is 0 Å². The van der Waals surface area contributed by atoms with Crippen molar-refractivity contribution >= 4 is 16.8 Å². The Kier molecular flexibility index (Phi) is 3.15. The summed E-state index contributed by atoms with van der Waals surface area (Å²) in [6, 6.07) is 1.82. The summed E-state index contributed by atoms with van der Waals surface area (Å²) in [4.78, 5) is 18.4. The molecule has 0 fully saturated rings. The Morgan fingerprint density at radius 2 is 2.15 bits per heavy atom. The fourth-order valence-corrected chi connectivity index (χ4v) is 2.12. The Hall–Kier alpha value is -2.35. The number of pyridine rings is 1. The molecule has 0 amide bonds. The Morgan fingerprint density at radius 3 is 2.95 bits per heavy atom. The van der Waals surface area contributed by atoms with E-state index in [2.05, 4.69) is 25.2 Å². The summed E-state index contributed by atoms with van der Waals surface area (Å²) in [7, 11) is 4.02. The highest BCUT2D eigenvalue weighted by atomic mass is 16.1. The van der Waals surface area contributed by atoms with Crippen molar-refractivity contribution in [1.82, 2.24) is 34.3 Å². The maximum absolute atomic E-state index is 12.4. The molecule has 3 aromatic rings. The zero-order chi connectivity index (χ0) is 14.1. The molecule has 0 radical (unpaired) electrons. The molecule has 3 aromatic heterocycles. The first-order chi connectivity index (χ1) is 9.66. The van der Waals surface area contributed by atoms with Crippen LogP contribution in [0.25, 0.3) is 16.8 Å². The van der Waals surface area contributed by atoms with Crippen molar-refractivity contribution in [3.8, 4) is 0 Å². The van der Waals surface area contributed by atoms with Crippen molar-refractivity contribution < 1.29 is 0 Å². The van der Waals surface area contributed by atoms with Gasteiger partial charge in [-0.25, -0.2) is 0 Å². The van der Waals surface area contributed by atoms with Crippen LogP contribution >= 0.6 is 0 Å². The number of aromatic nitrogens is 6. The number of aryl methyl sites for hydroxylation is 1. The lowest BCUT2D eigenvalue weighted by molar-refractivity contribution is 0.385. The van der Waals surface area contributed by atoms with Gasteiger partial charge in [0.05, 0.1) is 0 Å². The third-order valence-electron chi connectivity index (χ3n) is 3.12. The van der Waals surface area contributed by atoms with Gasteiger partial charge in [0.15, 0.2) is 5.52 Å². The molecule has 8 nitrogen and oxygen atoms in total. The third kappa shape index (κ3) is 2.14. The third-order valence-corrected chi connectivity index (χ3v) is 3.12. The van der Waals surface area contributed by atoms with Crippen LogP contribution in [0.2, 0.25) is 0 Å².